The topological polar surface area (TPSA) is 30.9 Å². The van der Waals surface area contributed by atoms with Crippen LogP contribution in [0.3, 0.4) is 0 Å². The van der Waals surface area contributed by atoms with Crippen LogP contribution in [0.15, 0.2) is 73.4 Å². The van der Waals surface area contributed by atoms with Crippen LogP contribution in [0.25, 0.3) is 0 Å². The lowest BCUT2D eigenvalue weighted by Crippen LogP contribution is -2.45. The predicted octanol–water partition coefficient (Wildman–Crippen LogP) is 7.24. The van der Waals surface area contributed by atoms with Crippen molar-refractivity contribution in [3.63, 3.8) is 0 Å². The first-order valence-corrected chi connectivity index (χ1v) is 14.8. The summed E-state index contributed by atoms with van der Waals surface area (Å²) < 4.78 is 18.2. The first-order chi connectivity index (χ1) is 16.7. The lowest BCUT2D eigenvalue weighted by Gasteiger charge is -2.34. The van der Waals surface area contributed by atoms with Crippen LogP contribution in [-0.2, 0) is 26.2 Å². The average molecular weight is 484 g/mol. The Balaban J connectivity index is 2.00. The van der Waals surface area contributed by atoms with E-state index in [4.69, 9.17) is 13.3 Å². The molecule has 2 rings (SSSR count). The Morgan fingerprint density at radius 2 is 1.47 bits per heavy atom. The smallest absolute Gasteiger partial charge is 0.377 e. The van der Waals surface area contributed by atoms with E-state index in [2.05, 4.69) is 73.0 Å². The van der Waals surface area contributed by atoms with Crippen LogP contribution in [0.5, 0.6) is 0 Å². The van der Waals surface area contributed by atoms with Gasteiger partial charge >= 0.3 is 8.80 Å². The molecule has 0 amide bonds. The molecule has 0 aliphatic rings. The van der Waals surface area contributed by atoms with Crippen LogP contribution in [0, 0.1) is 0 Å². The Labute approximate surface area is 209 Å². The summed E-state index contributed by atoms with van der Waals surface area (Å²) in [5.74, 6) is 0. The average Bonchev–Trinajstić information content (AvgIpc) is 2.89. The summed E-state index contributed by atoms with van der Waals surface area (Å²) in [5, 5.41) is 0. The van der Waals surface area contributed by atoms with Crippen molar-refractivity contribution in [2.24, 2.45) is 0 Å². The molecule has 0 fully saturated rings. The quantitative estimate of drug-likeness (QED) is 0.156. The highest BCUT2D eigenvalue weighted by molar-refractivity contribution is 6.60. The van der Waals surface area contributed by atoms with E-state index in [9.17, 15) is 0 Å². The summed E-state index contributed by atoms with van der Waals surface area (Å²) in [5.41, 5.74) is 2.57. The Kier molecular flexibility index (Phi) is 13.9. The van der Waals surface area contributed by atoms with Gasteiger partial charge in [0.05, 0.1) is 0 Å². The van der Waals surface area contributed by atoms with Crippen LogP contribution in [0.4, 0.5) is 0 Å². The van der Waals surface area contributed by atoms with Crippen molar-refractivity contribution in [2.45, 2.75) is 76.9 Å². The normalized spacial score (nSPS) is 12.4. The molecule has 0 radical (unpaired) electrons. The fourth-order valence-electron chi connectivity index (χ4n) is 4.39. The van der Waals surface area contributed by atoms with E-state index in [0.717, 1.165) is 31.9 Å². The van der Waals surface area contributed by atoms with Crippen LogP contribution in [-0.4, -0.2) is 40.6 Å². The Morgan fingerprint density at radius 1 is 0.853 bits per heavy atom. The zero-order valence-electron chi connectivity index (χ0n) is 21.6. The van der Waals surface area contributed by atoms with Gasteiger partial charge in [0.15, 0.2) is 0 Å². The fraction of sp³-hybridized carbons (Fsp3) is 0.517. The highest BCUT2D eigenvalue weighted by Gasteiger charge is 2.39. The van der Waals surface area contributed by atoms with Gasteiger partial charge < -0.3 is 18.2 Å². The molecule has 0 aliphatic heterocycles. The summed E-state index contributed by atoms with van der Waals surface area (Å²) in [6, 6.07) is 22.3. The molecule has 0 bridgehead atoms. The summed E-state index contributed by atoms with van der Waals surface area (Å²) >= 11 is 0. The van der Waals surface area contributed by atoms with Gasteiger partial charge in [0.25, 0.3) is 0 Å². The van der Waals surface area contributed by atoms with Gasteiger partial charge in [0.1, 0.15) is 0 Å². The Morgan fingerprint density at radius 3 is 2.06 bits per heavy atom. The molecule has 0 aliphatic carbocycles. The standard InChI is InChI=1S/C29H45NO3Si/c1-5-7-8-9-16-21-29(30(6-2)26-28-19-14-11-15-20-28)23-25-34(31-3,32-4)33-24-22-27-17-12-10-13-18-27/h6,10-15,17-20,29H,2,5,7-9,16,21-26H2,1,3-4H3. The molecule has 5 heteroatoms. The molecule has 0 spiro atoms. The fourth-order valence-corrected chi connectivity index (χ4v) is 6.44. The minimum absolute atomic E-state index is 0.384. The van der Waals surface area contributed by atoms with Gasteiger partial charge in [0.2, 0.25) is 0 Å². The molecule has 188 valence electrons. The van der Waals surface area contributed by atoms with Crippen LogP contribution in [0.1, 0.15) is 63.0 Å². The number of hydrogen-bond acceptors (Lipinski definition) is 4. The van der Waals surface area contributed by atoms with Crippen molar-refractivity contribution in [2.75, 3.05) is 20.8 Å². The molecule has 0 saturated carbocycles. The number of benzene rings is 2. The highest BCUT2D eigenvalue weighted by atomic mass is 28.4. The first kappa shape index (κ1) is 28.3. The molecule has 0 aromatic heterocycles. The lowest BCUT2D eigenvalue weighted by molar-refractivity contribution is 0.0954. The van der Waals surface area contributed by atoms with Crippen LogP contribution in [0.2, 0.25) is 6.04 Å². The molecule has 0 N–H and O–H groups in total. The van der Waals surface area contributed by atoms with Gasteiger partial charge in [-0.05, 0) is 36.6 Å². The number of nitrogens with zero attached hydrogens (tertiary/aromatic N) is 1. The predicted molar refractivity (Wildman–Crippen MR) is 145 cm³/mol. The van der Waals surface area contributed by atoms with E-state index in [-0.39, 0.29) is 0 Å². The van der Waals surface area contributed by atoms with Gasteiger partial charge in [0, 0.05) is 39.5 Å². The third-order valence-corrected chi connectivity index (χ3v) is 9.30. The summed E-state index contributed by atoms with van der Waals surface area (Å²) in [6.45, 7) is 7.89. The molecule has 34 heavy (non-hydrogen) atoms. The van der Waals surface area contributed by atoms with E-state index in [1.165, 1.54) is 43.2 Å². The number of hydrogen-bond donors (Lipinski definition) is 0. The zero-order valence-corrected chi connectivity index (χ0v) is 22.6. The maximum Gasteiger partial charge on any atom is 0.500 e. The van der Waals surface area contributed by atoms with Crippen LogP contribution < -0.4 is 0 Å². The van der Waals surface area contributed by atoms with E-state index >= 15 is 0 Å². The SMILES string of the molecule is C=CN(Cc1ccccc1)C(CCCCCCC)CC[Si](OC)(OC)OCCc1ccccc1. The van der Waals surface area contributed by atoms with Gasteiger partial charge in [-0.2, -0.15) is 0 Å². The van der Waals surface area contributed by atoms with Gasteiger partial charge in [-0.1, -0.05) is 106 Å². The zero-order chi connectivity index (χ0) is 24.5. The molecule has 0 heterocycles. The Bertz CT molecular complexity index is 767. The van der Waals surface area contributed by atoms with Crippen LogP contribution >= 0.6 is 0 Å². The van der Waals surface area contributed by atoms with Crippen molar-refractivity contribution >= 4 is 8.80 Å². The largest absolute Gasteiger partial charge is 0.500 e. The molecule has 1 unspecified atom stereocenters. The van der Waals surface area contributed by atoms with Crippen molar-refractivity contribution < 1.29 is 13.3 Å². The third-order valence-electron chi connectivity index (χ3n) is 6.51. The van der Waals surface area contributed by atoms with Gasteiger partial charge in [-0.15, -0.1) is 0 Å². The molecular formula is C29H45NO3Si. The second-order valence-corrected chi connectivity index (χ2v) is 11.9. The van der Waals surface area contributed by atoms with E-state index < -0.39 is 8.80 Å². The van der Waals surface area contributed by atoms with E-state index in [1.807, 2.05) is 12.3 Å². The highest BCUT2D eigenvalue weighted by Crippen LogP contribution is 2.25. The van der Waals surface area contributed by atoms with Gasteiger partial charge in [-0.3, -0.25) is 0 Å². The summed E-state index contributed by atoms with van der Waals surface area (Å²) in [7, 11) is 0.727. The number of rotatable bonds is 19. The maximum atomic E-state index is 6.32. The second-order valence-electron chi connectivity index (χ2n) is 8.91. The van der Waals surface area contributed by atoms with Crippen molar-refractivity contribution in [3.05, 3.63) is 84.6 Å². The molecule has 2 aromatic rings. The minimum atomic E-state index is -2.73. The van der Waals surface area contributed by atoms with Crippen molar-refractivity contribution in [3.8, 4) is 0 Å². The monoisotopic (exact) mass is 483 g/mol. The second kappa shape index (κ2) is 16.7. The maximum absolute atomic E-state index is 6.32. The minimum Gasteiger partial charge on any atom is -0.377 e. The molecule has 0 saturated heterocycles. The third kappa shape index (κ3) is 10.1. The first-order valence-electron chi connectivity index (χ1n) is 12.9. The van der Waals surface area contributed by atoms with Gasteiger partial charge in [-0.25, -0.2) is 0 Å². The van der Waals surface area contributed by atoms with Crippen molar-refractivity contribution in [1.29, 1.82) is 0 Å². The molecule has 1 atom stereocenters. The summed E-state index contributed by atoms with van der Waals surface area (Å²) in [6.07, 6.45) is 11.4. The molecule has 4 nitrogen and oxygen atoms in total. The summed E-state index contributed by atoms with van der Waals surface area (Å²) in [4.78, 5) is 2.39. The molecule has 2 aromatic carbocycles. The van der Waals surface area contributed by atoms with Crippen molar-refractivity contribution in [1.82, 2.24) is 4.90 Å². The molecular weight excluding hydrogens is 438 g/mol. The lowest BCUT2D eigenvalue weighted by atomic mass is 10.0. The van der Waals surface area contributed by atoms with E-state index in [0.29, 0.717) is 12.6 Å². The number of unbranched alkanes of at least 4 members (excludes halogenated alkanes) is 4. The Hall–Kier alpha value is -1.92. The van der Waals surface area contributed by atoms with E-state index in [1.54, 1.807) is 14.2 Å².